The van der Waals surface area contributed by atoms with Gasteiger partial charge in [0.2, 0.25) is 0 Å². The van der Waals surface area contributed by atoms with Crippen LogP contribution >= 0.6 is 0 Å². The van der Waals surface area contributed by atoms with Gasteiger partial charge in [0.1, 0.15) is 11.9 Å². The summed E-state index contributed by atoms with van der Waals surface area (Å²) in [4.78, 5) is 21.6. The largest absolute Gasteiger partial charge is 0.469 e. The number of anilines is 1. The lowest BCUT2D eigenvalue weighted by Gasteiger charge is -2.31. The molecule has 0 bridgehead atoms. The standard InChI is InChI=1S/C12H14N4O2/c1-18-12(17)9-2-4-16(5-3-9)11-8-14-10(6-13)7-15-11/h7-9H,2-5H2,1H3. The number of hydrogen-bond acceptors (Lipinski definition) is 6. The van der Waals surface area contributed by atoms with Crippen LogP contribution in [0.4, 0.5) is 5.82 Å². The van der Waals surface area contributed by atoms with Gasteiger partial charge in [0.15, 0.2) is 5.69 Å². The van der Waals surface area contributed by atoms with E-state index in [2.05, 4.69) is 14.9 Å². The summed E-state index contributed by atoms with van der Waals surface area (Å²) in [6.07, 6.45) is 4.57. The van der Waals surface area contributed by atoms with Crippen LogP contribution in [0.1, 0.15) is 18.5 Å². The Bertz CT molecular complexity index is 458. The molecule has 1 aliphatic heterocycles. The summed E-state index contributed by atoms with van der Waals surface area (Å²) in [6.45, 7) is 1.50. The van der Waals surface area contributed by atoms with Crippen molar-refractivity contribution >= 4 is 11.8 Å². The normalized spacial score (nSPS) is 16.1. The molecular formula is C12H14N4O2. The molecule has 94 valence electrons. The van der Waals surface area contributed by atoms with Crippen LogP contribution < -0.4 is 4.90 Å². The van der Waals surface area contributed by atoms with Crippen LogP contribution in [-0.2, 0) is 9.53 Å². The summed E-state index contributed by atoms with van der Waals surface area (Å²) in [7, 11) is 1.42. The van der Waals surface area contributed by atoms with E-state index in [4.69, 9.17) is 10.00 Å². The van der Waals surface area contributed by atoms with Crippen LogP contribution in [0.25, 0.3) is 0 Å². The van der Waals surface area contributed by atoms with E-state index in [0.29, 0.717) is 5.69 Å². The average Bonchev–Trinajstić information content (AvgIpc) is 2.47. The third-order valence-corrected chi connectivity index (χ3v) is 3.11. The average molecular weight is 246 g/mol. The van der Waals surface area contributed by atoms with E-state index in [1.807, 2.05) is 6.07 Å². The first-order chi connectivity index (χ1) is 8.74. The molecule has 2 heterocycles. The first-order valence-corrected chi connectivity index (χ1v) is 5.79. The van der Waals surface area contributed by atoms with Crippen molar-refractivity contribution in [1.29, 1.82) is 5.26 Å². The summed E-state index contributed by atoms with van der Waals surface area (Å²) in [6, 6.07) is 1.93. The summed E-state index contributed by atoms with van der Waals surface area (Å²) in [5, 5.41) is 8.64. The fourth-order valence-corrected chi connectivity index (χ4v) is 2.05. The molecule has 1 aromatic rings. The zero-order valence-corrected chi connectivity index (χ0v) is 10.2. The van der Waals surface area contributed by atoms with Crippen molar-refractivity contribution in [3.05, 3.63) is 18.1 Å². The van der Waals surface area contributed by atoms with Crippen LogP contribution in [0.2, 0.25) is 0 Å². The molecule has 1 saturated heterocycles. The number of rotatable bonds is 2. The Morgan fingerprint density at radius 3 is 2.67 bits per heavy atom. The molecule has 1 fully saturated rings. The molecule has 18 heavy (non-hydrogen) atoms. The van der Waals surface area contributed by atoms with Gasteiger partial charge in [-0.25, -0.2) is 9.97 Å². The quantitative estimate of drug-likeness (QED) is 0.716. The van der Waals surface area contributed by atoms with E-state index >= 15 is 0 Å². The van der Waals surface area contributed by atoms with Gasteiger partial charge in [-0.3, -0.25) is 4.79 Å². The number of nitriles is 1. The third kappa shape index (κ3) is 2.56. The molecular weight excluding hydrogens is 232 g/mol. The molecule has 2 rings (SSSR count). The molecule has 0 saturated carbocycles. The molecule has 6 heteroatoms. The molecule has 0 radical (unpaired) electrons. The number of esters is 1. The molecule has 0 spiro atoms. The van der Waals surface area contributed by atoms with Crippen molar-refractivity contribution in [2.75, 3.05) is 25.1 Å². The van der Waals surface area contributed by atoms with Gasteiger partial charge in [-0.2, -0.15) is 5.26 Å². The highest BCUT2D eigenvalue weighted by Gasteiger charge is 2.26. The summed E-state index contributed by atoms with van der Waals surface area (Å²) in [5.41, 5.74) is 0.309. The predicted molar refractivity (Wildman–Crippen MR) is 63.7 cm³/mol. The first kappa shape index (κ1) is 12.3. The van der Waals surface area contributed by atoms with Crippen molar-refractivity contribution in [2.45, 2.75) is 12.8 Å². The molecule has 1 aromatic heterocycles. The van der Waals surface area contributed by atoms with Gasteiger partial charge in [0.25, 0.3) is 0 Å². The third-order valence-electron chi connectivity index (χ3n) is 3.11. The molecule has 0 unspecified atom stereocenters. The Hall–Kier alpha value is -2.16. The minimum Gasteiger partial charge on any atom is -0.469 e. The number of carbonyl (C=O) groups is 1. The van der Waals surface area contributed by atoms with Crippen molar-refractivity contribution < 1.29 is 9.53 Å². The summed E-state index contributed by atoms with van der Waals surface area (Å²) in [5.74, 6) is 0.593. The van der Waals surface area contributed by atoms with E-state index in [1.165, 1.54) is 13.3 Å². The van der Waals surface area contributed by atoms with Crippen LogP contribution in [0.3, 0.4) is 0 Å². The van der Waals surface area contributed by atoms with Crippen LogP contribution in [-0.4, -0.2) is 36.1 Å². The van der Waals surface area contributed by atoms with E-state index < -0.39 is 0 Å². The van der Waals surface area contributed by atoms with Gasteiger partial charge in [-0.1, -0.05) is 0 Å². The van der Waals surface area contributed by atoms with Gasteiger partial charge in [0.05, 0.1) is 25.4 Å². The number of nitrogens with zero attached hydrogens (tertiary/aromatic N) is 4. The fourth-order valence-electron chi connectivity index (χ4n) is 2.05. The lowest BCUT2D eigenvalue weighted by Crippen LogP contribution is -2.37. The Morgan fingerprint density at radius 1 is 1.44 bits per heavy atom. The highest BCUT2D eigenvalue weighted by molar-refractivity contribution is 5.72. The Balaban J connectivity index is 1.97. The molecule has 0 amide bonds. The van der Waals surface area contributed by atoms with E-state index in [1.54, 1.807) is 6.20 Å². The number of ether oxygens (including phenoxy) is 1. The number of methoxy groups -OCH3 is 1. The maximum Gasteiger partial charge on any atom is 0.308 e. The van der Waals surface area contributed by atoms with Gasteiger partial charge in [-0.15, -0.1) is 0 Å². The number of aromatic nitrogens is 2. The molecule has 0 aromatic carbocycles. The van der Waals surface area contributed by atoms with Gasteiger partial charge < -0.3 is 9.64 Å². The summed E-state index contributed by atoms with van der Waals surface area (Å²) >= 11 is 0. The lowest BCUT2D eigenvalue weighted by molar-refractivity contribution is -0.146. The van der Waals surface area contributed by atoms with Gasteiger partial charge in [-0.05, 0) is 12.8 Å². The SMILES string of the molecule is COC(=O)C1CCN(c2cnc(C#N)cn2)CC1. The lowest BCUT2D eigenvalue weighted by atomic mass is 9.97. The van der Waals surface area contributed by atoms with Crippen molar-refractivity contribution in [3.63, 3.8) is 0 Å². The first-order valence-electron chi connectivity index (χ1n) is 5.79. The Kier molecular flexibility index (Phi) is 3.72. The van der Waals surface area contributed by atoms with Crippen LogP contribution in [0.15, 0.2) is 12.4 Å². The highest BCUT2D eigenvalue weighted by Crippen LogP contribution is 2.21. The highest BCUT2D eigenvalue weighted by atomic mass is 16.5. The van der Waals surface area contributed by atoms with Gasteiger partial charge >= 0.3 is 5.97 Å². The maximum atomic E-state index is 11.4. The smallest absolute Gasteiger partial charge is 0.308 e. The Morgan fingerprint density at radius 2 is 2.17 bits per heavy atom. The van der Waals surface area contributed by atoms with E-state index in [-0.39, 0.29) is 11.9 Å². The minimum atomic E-state index is -0.138. The van der Waals surface area contributed by atoms with Crippen molar-refractivity contribution in [3.8, 4) is 6.07 Å². The second-order valence-corrected chi connectivity index (χ2v) is 4.16. The topological polar surface area (TPSA) is 79.1 Å². The van der Waals surface area contributed by atoms with Crippen molar-refractivity contribution in [1.82, 2.24) is 9.97 Å². The molecule has 0 atom stereocenters. The summed E-state index contributed by atoms with van der Waals surface area (Å²) < 4.78 is 4.74. The number of hydrogen-bond donors (Lipinski definition) is 0. The molecule has 0 aliphatic carbocycles. The zero-order valence-electron chi connectivity index (χ0n) is 10.2. The van der Waals surface area contributed by atoms with E-state index in [0.717, 1.165) is 31.7 Å². The zero-order chi connectivity index (χ0) is 13.0. The molecule has 0 N–H and O–H groups in total. The molecule has 1 aliphatic rings. The number of carbonyl (C=O) groups excluding carboxylic acids is 1. The second-order valence-electron chi connectivity index (χ2n) is 4.16. The minimum absolute atomic E-state index is 0.0161. The van der Waals surface area contributed by atoms with E-state index in [9.17, 15) is 4.79 Å². The predicted octanol–water partition coefficient (Wildman–Crippen LogP) is 0.738. The fraction of sp³-hybridized carbons (Fsp3) is 0.500. The molecule has 6 nitrogen and oxygen atoms in total. The monoisotopic (exact) mass is 246 g/mol. The Labute approximate surface area is 105 Å². The number of piperidine rings is 1. The van der Waals surface area contributed by atoms with Crippen LogP contribution in [0.5, 0.6) is 0 Å². The second kappa shape index (κ2) is 5.45. The maximum absolute atomic E-state index is 11.4. The van der Waals surface area contributed by atoms with Gasteiger partial charge in [0, 0.05) is 13.1 Å². The van der Waals surface area contributed by atoms with Crippen LogP contribution in [0, 0.1) is 17.2 Å². The van der Waals surface area contributed by atoms with Crippen molar-refractivity contribution in [2.24, 2.45) is 5.92 Å².